The van der Waals surface area contributed by atoms with Gasteiger partial charge >= 0.3 is 0 Å². The van der Waals surface area contributed by atoms with E-state index in [9.17, 15) is 4.79 Å². The van der Waals surface area contributed by atoms with Gasteiger partial charge in [-0.15, -0.1) is 0 Å². The average Bonchev–Trinajstić information content (AvgIpc) is 2.77. The number of ether oxygens (including phenoxy) is 1. The van der Waals surface area contributed by atoms with Crippen molar-refractivity contribution >= 4 is 5.91 Å². The molecule has 2 unspecified atom stereocenters. The van der Waals surface area contributed by atoms with Gasteiger partial charge in [-0.05, 0) is 25.8 Å². The van der Waals surface area contributed by atoms with Crippen LogP contribution in [0.4, 0.5) is 0 Å². The van der Waals surface area contributed by atoms with Crippen LogP contribution in [0.5, 0.6) is 0 Å². The number of amides is 1. The Labute approximate surface area is 97.3 Å². The number of hydrogen-bond acceptors (Lipinski definition) is 3. The second-order valence-electron chi connectivity index (χ2n) is 4.88. The van der Waals surface area contributed by atoms with Crippen LogP contribution < -0.4 is 5.32 Å². The summed E-state index contributed by atoms with van der Waals surface area (Å²) in [6.45, 7) is 6.35. The Balaban J connectivity index is 1.90. The highest BCUT2D eigenvalue weighted by Crippen LogP contribution is 2.15. The van der Waals surface area contributed by atoms with Gasteiger partial charge in [-0.3, -0.25) is 4.79 Å². The minimum absolute atomic E-state index is 0.0988. The molecule has 16 heavy (non-hydrogen) atoms. The molecule has 2 atom stereocenters. The van der Waals surface area contributed by atoms with Gasteiger partial charge in [-0.2, -0.15) is 0 Å². The Morgan fingerprint density at radius 2 is 2.38 bits per heavy atom. The van der Waals surface area contributed by atoms with Gasteiger partial charge < -0.3 is 15.0 Å². The second kappa shape index (κ2) is 5.64. The maximum atomic E-state index is 12.1. The van der Waals surface area contributed by atoms with Crippen molar-refractivity contribution in [2.45, 2.75) is 32.3 Å². The molecular formula is C12H22N2O2. The molecule has 0 aromatic heterocycles. The van der Waals surface area contributed by atoms with Crippen LogP contribution in [0.3, 0.4) is 0 Å². The summed E-state index contributed by atoms with van der Waals surface area (Å²) in [6, 6.07) is 0. The molecule has 92 valence electrons. The molecule has 0 aromatic carbocycles. The van der Waals surface area contributed by atoms with E-state index in [4.69, 9.17) is 4.74 Å². The topological polar surface area (TPSA) is 41.6 Å². The lowest BCUT2D eigenvalue weighted by molar-refractivity contribution is -0.137. The summed E-state index contributed by atoms with van der Waals surface area (Å²) in [5.41, 5.74) is 0. The van der Waals surface area contributed by atoms with Crippen LogP contribution >= 0.6 is 0 Å². The first kappa shape index (κ1) is 11.9. The first-order valence-electron chi connectivity index (χ1n) is 6.38. The van der Waals surface area contributed by atoms with E-state index >= 15 is 0 Å². The number of carbonyl (C=O) groups excluding carboxylic acids is 1. The molecule has 0 aliphatic carbocycles. The van der Waals surface area contributed by atoms with Gasteiger partial charge in [-0.25, -0.2) is 0 Å². The van der Waals surface area contributed by atoms with Crippen molar-refractivity contribution < 1.29 is 9.53 Å². The zero-order valence-electron chi connectivity index (χ0n) is 10.1. The fourth-order valence-electron chi connectivity index (χ4n) is 2.44. The summed E-state index contributed by atoms with van der Waals surface area (Å²) in [7, 11) is 0. The minimum atomic E-state index is 0.0988. The van der Waals surface area contributed by atoms with Gasteiger partial charge in [0.1, 0.15) is 0 Å². The van der Waals surface area contributed by atoms with Crippen LogP contribution in [0, 0.1) is 5.92 Å². The quantitative estimate of drug-likeness (QED) is 0.750. The van der Waals surface area contributed by atoms with Gasteiger partial charge in [-0.1, -0.05) is 6.92 Å². The van der Waals surface area contributed by atoms with Gasteiger partial charge in [0.25, 0.3) is 0 Å². The monoisotopic (exact) mass is 226 g/mol. The molecule has 0 aromatic rings. The van der Waals surface area contributed by atoms with Crippen LogP contribution in [-0.2, 0) is 9.53 Å². The van der Waals surface area contributed by atoms with Crippen molar-refractivity contribution in [3.63, 3.8) is 0 Å². The van der Waals surface area contributed by atoms with Gasteiger partial charge in [0.2, 0.25) is 5.91 Å². The summed E-state index contributed by atoms with van der Waals surface area (Å²) in [5.74, 6) is 0.379. The Morgan fingerprint density at radius 1 is 1.50 bits per heavy atom. The van der Waals surface area contributed by atoms with Gasteiger partial charge in [0, 0.05) is 32.2 Å². The summed E-state index contributed by atoms with van der Waals surface area (Å²) >= 11 is 0. The normalized spacial score (nSPS) is 32.6. The Bertz CT molecular complexity index is 239. The lowest BCUT2D eigenvalue weighted by Crippen LogP contribution is -2.46. The van der Waals surface area contributed by atoms with E-state index in [-0.39, 0.29) is 17.9 Å². The summed E-state index contributed by atoms with van der Waals surface area (Å²) in [5, 5.41) is 3.30. The Morgan fingerprint density at radius 3 is 3.12 bits per heavy atom. The third-order valence-corrected chi connectivity index (χ3v) is 3.41. The Kier molecular flexibility index (Phi) is 4.18. The fraction of sp³-hybridized carbons (Fsp3) is 0.917. The van der Waals surface area contributed by atoms with Crippen LogP contribution in [0.2, 0.25) is 0 Å². The predicted molar refractivity (Wildman–Crippen MR) is 62.2 cm³/mol. The predicted octanol–water partition coefficient (Wildman–Crippen LogP) is 0.623. The van der Waals surface area contributed by atoms with Crippen LogP contribution in [0.15, 0.2) is 0 Å². The Hall–Kier alpha value is -0.610. The molecule has 0 bridgehead atoms. The smallest absolute Gasteiger partial charge is 0.226 e. The van der Waals surface area contributed by atoms with Crippen molar-refractivity contribution in [3.05, 3.63) is 0 Å². The van der Waals surface area contributed by atoms with Gasteiger partial charge in [0.05, 0.1) is 6.10 Å². The third-order valence-electron chi connectivity index (χ3n) is 3.41. The van der Waals surface area contributed by atoms with E-state index in [1.165, 1.54) is 0 Å². The molecular weight excluding hydrogens is 204 g/mol. The molecule has 0 radical (unpaired) electrons. The number of rotatable bonds is 2. The minimum Gasteiger partial charge on any atom is -0.376 e. The first-order chi connectivity index (χ1) is 7.77. The summed E-state index contributed by atoms with van der Waals surface area (Å²) < 4.78 is 5.60. The largest absolute Gasteiger partial charge is 0.376 e. The van der Waals surface area contributed by atoms with Crippen molar-refractivity contribution in [2.75, 3.05) is 32.8 Å². The molecule has 2 heterocycles. The standard InChI is InChI=1S/C12H22N2O2/c1-10-8-13-5-3-6-14(12(10)15)9-11-4-2-7-16-11/h10-11,13H,2-9H2,1H3. The lowest BCUT2D eigenvalue weighted by atomic mass is 10.1. The van der Waals surface area contributed by atoms with E-state index in [2.05, 4.69) is 5.32 Å². The molecule has 2 aliphatic heterocycles. The summed E-state index contributed by atoms with van der Waals surface area (Å²) in [4.78, 5) is 14.1. The van der Waals surface area contributed by atoms with E-state index < -0.39 is 0 Å². The van der Waals surface area contributed by atoms with E-state index in [0.717, 1.165) is 52.0 Å². The SMILES string of the molecule is CC1CNCCCN(CC2CCCO2)C1=O. The molecule has 2 saturated heterocycles. The summed E-state index contributed by atoms with van der Waals surface area (Å²) in [6.07, 6.45) is 3.58. The molecule has 0 spiro atoms. The third kappa shape index (κ3) is 2.95. The highest BCUT2D eigenvalue weighted by Gasteiger charge is 2.26. The van der Waals surface area contributed by atoms with Crippen LogP contribution in [-0.4, -0.2) is 49.7 Å². The molecule has 0 saturated carbocycles. The molecule has 1 amide bonds. The van der Waals surface area contributed by atoms with E-state index in [1.54, 1.807) is 0 Å². The maximum Gasteiger partial charge on any atom is 0.226 e. The highest BCUT2D eigenvalue weighted by molar-refractivity contribution is 5.78. The highest BCUT2D eigenvalue weighted by atomic mass is 16.5. The van der Waals surface area contributed by atoms with Crippen molar-refractivity contribution in [1.29, 1.82) is 0 Å². The molecule has 4 heteroatoms. The van der Waals surface area contributed by atoms with Gasteiger partial charge in [0.15, 0.2) is 0 Å². The molecule has 2 rings (SSSR count). The zero-order chi connectivity index (χ0) is 11.4. The molecule has 2 fully saturated rings. The number of hydrogen-bond donors (Lipinski definition) is 1. The lowest BCUT2D eigenvalue weighted by Gasteiger charge is -2.30. The van der Waals surface area contributed by atoms with Crippen molar-refractivity contribution in [1.82, 2.24) is 10.2 Å². The fourth-order valence-corrected chi connectivity index (χ4v) is 2.44. The average molecular weight is 226 g/mol. The van der Waals surface area contributed by atoms with E-state index in [1.807, 2.05) is 11.8 Å². The van der Waals surface area contributed by atoms with Crippen LogP contribution in [0.1, 0.15) is 26.2 Å². The molecule has 1 N–H and O–H groups in total. The molecule has 4 nitrogen and oxygen atoms in total. The van der Waals surface area contributed by atoms with Crippen molar-refractivity contribution in [3.8, 4) is 0 Å². The number of nitrogens with zero attached hydrogens (tertiary/aromatic N) is 1. The zero-order valence-corrected chi connectivity index (χ0v) is 10.1. The maximum absolute atomic E-state index is 12.1. The molecule has 2 aliphatic rings. The van der Waals surface area contributed by atoms with Crippen LogP contribution in [0.25, 0.3) is 0 Å². The van der Waals surface area contributed by atoms with Crippen molar-refractivity contribution in [2.24, 2.45) is 5.92 Å². The number of nitrogens with one attached hydrogen (secondary N) is 1. The number of carbonyl (C=O) groups is 1. The van der Waals surface area contributed by atoms with E-state index in [0.29, 0.717) is 0 Å². The first-order valence-corrected chi connectivity index (χ1v) is 6.38. The second-order valence-corrected chi connectivity index (χ2v) is 4.88.